The van der Waals surface area contributed by atoms with Gasteiger partial charge in [0.15, 0.2) is 0 Å². The Balaban J connectivity index is 0.00000220. The van der Waals surface area contributed by atoms with Crippen molar-refractivity contribution in [1.29, 1.82) is 0 Å². The van der Waals surface area contributed by atoms with Crippen LogP contribution in [0.25, 0.3) is 0 Å². The lowest BCUT2D eigenvalue weighted by molar-refractivity contribution is -0.133. The number of piperazine rings is 1. The van der Waals surface area contributed by atoms with Gasteiger partial charge >= 0.3 is 0 Å². The van der Waals surface area contributed by atoms with Crippen LogP contribution in [0.4, 0.5) is 5.69 Å². The summed E-state index contributed by atoms with van der Waals surface area (Å²) in [5.41, 5.74) is 7.10. The number of nitrogens with two attached hydrogens (primary N) is 1. The molecule has 2 rings (SSSR count). The van der Waals surface area contributed by atoms with Crippen molar-refractivity contribution in [2.45, 2.75) is 26.3 Å². The third-order valence-electron chi connectivity index (χ3n) is 3.69. The summed E-state index contributed by atoms with van der Waals surface area (Å²) in [6, 6.07) is -0.361. The molecule has 1 amide bonds. The van der Waals surface area contributed by atoms with Crippen molar-refractivity contribution in [3.05, 3.63) is 12.4 Å². The summed E-state index contributed by atoms with van der Waals surface area (Å²) in [6.07, 6.45) is 4.62. The first kappa shape index (κ1) is 21.0. The zero-order chi connectivity index (χ0) is 14.7. The van der Waals surface area contributed by atoms with Crippen molar-refractivity contribution in [2.75, 3.05) is 31.1 Å². The van der Waals surface area contributed by atoms with Crippen molar-refractivity contribution in [3.8, 4) is 0 Å². The Bertz CT molecular complexity index is 458. The predicted molar refractivity (Wildman–Crippen MR) is 93.9 cm³/mol. The maximum atomic E-state index is 12.2. The fourth-order valence-electron chi connectivity index (χ4n) is 2.60. The second kappa shape index (κ2) is 9.22. The van der Waals surface area contributed by atoms with E-state index in [1.807, 2.05) is 24.3 Å². The van der Waals surface area contributed by atoms with Gasteiger partial charge in [-0.3, -0.25) is 9.48 Å². The molecule has 0 spiro atoms. The van der Waals surface area contributed by atoms with Crippen molar-refractivity contribution < 1.29 is 4.79 Å². The van der Waals surface area contributed by atoms with Crippen LogP contribution in [0.1, 0.15) is 20.3 Å². The van der Waals surface area contributed by atoms with Crippen LogP contribution in [0.3, 0.4) is 0 Å². The van der Waals surface area contributed by atoms with Crippen molar-refractivity contribution >= 4 is 36.4 Å². The second-order valence-electron chi connectivity index (χ2n) is 5.92. The number of amides is 1. The average molecular weight is 352 g/mol. The maximum Gasteiger partial charge on any atom is 0.239 e. The number of aryl methyl sites for hydroxylation is 1. The highest BCUT2D eigenvalue weighted by molar-refractivity contribution is 5.85. The minimum atomic E-state index is -0.361. The normalized spacial score (nSPS) is 16.0. The van der Waals surface area contributed by atoms with Crippen LogP contribution in [0, 0.1) is 5.92 Å². The number of carbonyl (C=O) groups excluding carboxylic acids is 1. The highest BCUT2D eigenvalue weighted by Gasteiger charge is 2.26. The minimum Gasteiger partial charge on any atom is -0.365 e. The zero-order valence-electron chi connectivity index (χ0n) is 13.4. The van der Waals surface area contributed by atoms with E-state index in [1.54, 1.807) is 4.68 Å². The number of rotatable bonds is 4. The molecule has 8 heteroatoms. The summed E-state index contributed by atoms with van der Waals surface area (Å²) in [4.78, 5) is 16.4. The van der Waals surface area contributed by atoms with Crippen LogP contribution >= 0.6 is 24.8 Å². The maximum absolute atomic E-state index is 12.2. The molecule has 1 aromatic rings. The number of hydrogen-bond acceptors (Lipinski definition) is 4. The van der Waals surface area contributed by atoms with Gasteiger partial charge in [-0.2, -0.15) is 5.10 Å². The van der Waals surface area contributed by atoms with Gasteiger partial charge in [0.05, 0.1) is 17.9 Å². The van der Waals surface area contributed by atoms with Crippen LogP contribution in [-0.4, -0.2) is 52.8 Å². The number of aromatic nitrogens is 2. The van der Waals surface area contributed by atoms with E-state index < -0.39 is 0 Å². The van der Waals surface area contributed by atoms with Crippen LogP contribution in [0.2, 0.25) is 0 Å². The van der Waals surface area contributed by atoms with Gasteiger partial charge in [-0.1, -0.05) is 13.8 Å². The average Bonchev–Trinajstić information content (AvgIpc) is 2.84. The van der Waals surface area contributed by atoms with E-state index in [1.165, 1.54) is 0 Å². The Kier molecular flexibility index (Phi) is 8.81. The third-order valence-corrected chi connectivity index (χ3v) is 3.69. The van der Waals surface area contributed by atoms with Crippen LogP contribution in [-0.2, 0) is 11.8 Å². The van der Waals surface area contributed by atoms with E-state index in [4.69, 9.17) is 5.73 Å². The molecule has 0 saturated carbocycles. The van der Waals surface area contributed by atoms with Gasteiger partial charge in [0.25, 0.3) is 0 Å². The molecule has 0 radical (unpaired) electrons. The van der Waals surface area contributed by atoms with E-state index in [0.717, 1.165) is 38.3 Å². The molecule has 1 atom stereocenters. The third kappa shape index (κ3) is 5.34. The first-order chi connectivity index (χ1) is 9.47. The lowest BCUT2D eigenvalue weighted by Gasteiger charge is -2.36. The minimum absolute atomic E-state index is 0. The topological polar surface area (TPSA) is 67.4 Å². The molecule has 2 N–H and O–H groups in total. The van der Waals surface area contributed by atoms with Gasteiger partial charge in [-0.15, -0.1) is 24.8 Å². The van der Waals surface area contributed by atoms with Crippen molar-refractivity contribution in [2.24, 2.45) is 18.7 Å². The fourth-order valence-corrected chi connectivity index (χ4v) is 2.60. The second-order valence-corrected chi connectivity index (χ2v) is 5.92. The molecular weight excluding hydrogens is 325 g/mol. The number of nitrogens with zero attached hydrogens (tertiary/aromatic N) is 4. The van der Waals surface area contributed by atoms with Gasteiger partial charge in [-0.25, -0.2) is 0 Å². The largest absolute Gasteiger partial charge is 0.365 e. The molecule has 0 unspecified atom stereocenters. The van der Waals surface area contributed by atoms with Crippen LogP contribution in [0.5, 0.6) is 0 Å². The number of anilines is 1. The molecule has 0 bridgehead atoms. The van der Waals surface area contributed by atoms with E-state index in [-0.39, 0.29) is 36.8 Å². The Hall–Kier alpha value is -0.980. The van der Waals surface area contributed by atoms with Gasteiger partial charge in [0.2, 0.25) is 5.91 Å². The van der Waals surface area contributed by atoms with Crippen LogP contribution in [0.15, 0.2) is 12.4 Å². The number of hydrogen-bond donors (Lipinski definition) is 1. The first-order valence-electron chi connectivity index (χ1n) is 7.25. The van der Waals surface area contributed by atoms with Crippen molar-refractivity contribution in [3.63, 3.8) is 0 Å². The summed E-state index contributed by atoms with van der Waals surface area (Å²) in [7, 11) is 1.91. The highest BCUT2D eigenvalue weighted by atomic mass is 35.5. The summed E-state index contributed by atoms with van der Waals surface area (Å²) < 4.78 is 1.80. The summed E-state index contributed by atoms with van der Waals surface area (Å²) in [6.45, 7) is 7.33. The van der Waals surface area contributed by atoms with Gasteiger partial charge in [0.1, 0.15) is 0 Å². The first-order valence-corrected chi connectivity index (χ1v) is 7.25. The van der Waals surface area contributed by atoms with E-state index >= 15 is 0 Å². The quantitative estimate of drug-likeness (QED) is 0.887. The standard InChI is InChI=1S/C14H25N5O.2ClH/c1-11(2)8-13(15)14(20)19-6-4-18(5-7-19)12-9-16-17(3)10-12;;/h9-11,13H,4-8,15H2,1-3H3;2*1H/t13-;;/m0../s1. The lowest BCUT2D eigenvalue weighted by Crippen LogP contribution is -2.53. The van der Waals surface area contributed by atoms with E-state index in [9.17, 15) is 4.79 Å². The van der Waals surface area contributed by atoms with E-state index in [0.29, 0.717) is 5.92 Å². The van der Waals surface area contributed by atoms with Gasteiger partial charge < -0.3 is 15.5 Å². The molecule has 1 saturated heterocycles. The molecule has 0 aliphatic carbocycles. The number of halogens is 2. The molecule has 0 aromatic carbocycles. The summed E-state index contributed by atoms with van der Waals surface area (Å²) >= 11 is 0. The predicted octanol–water partition coefficient (Wildman–Crippen LogP) is 1.29. The highest BCUT2D eigenvalue weighted by Crippen LogP contribution is 2.15. The molecular formula is C14H27Cl2N5O. The monoisotopic (exact) mass is 351 g/mol. The molecule has 1 aliphatic heterocycles. The summed E-state index contributed by atoms with van der Waals surface area (Å²) in [5.74, 6) is 0.537. The Morgan fingerprint density at radius 3 is 2.32 bits per heavy atom. The Morgan fingerprint density at radius 1 is 1.27 bits per heavy atom. The number of carbonyl (C=O) groups is 1. The molecule has 22 heavy (non-hydrogen) atoms. The molecule has 1 aliphatic rings. The van der Waals surface area contributed by atoms with Crippen LogP contribution < -0.4 is 10.6 Å². The van der Waals surface area contributed by atoms with E-state index in [2.05, 4.69) is 23.8 Å². The SMILES string of the molecule is CC(C)C[C@H](N)C(=O)N1CCN(c2cnn(C)c2)CC1.Cl.Cl. The Morgan fingerprint density at radius 2 is 1.86 bits per heavy atom. The molecule has 128 valence electrons. The van der Waals surface area contributed by atoms with Crippen molar-refractivity contribution in [1.82, 2.24) is 14.7 Å². The molecule has 1 fully saturated rings. The molecule has 6 nitrogen and oxygen atoms in total. The zero-order valence-corrected chi connectivity index (χ0v) is 15.1. The Labute approximate surface area is 144 Å². The smallest absolute Gasteiger partial charge is 0.239 e. The molecule has 2 heterocycles. The molecule has 1 aromatic heterocycles. The van der Waals surface area contributed by atoms with Gasteiger partial charge in [-0.05, 0) is 12.3 Å². The fraction of sp³-hybridized carbons (Fsp3) is 0.714. The lowest BCUT2D eigenvalue weighted by atomic mass is 10.0. The van der Waals surface area contributed by atoms with Gasteiger partial charge in [0, 0.05) is 39.4 Å². The summed E-state index contributed by atoms with van der Waals surface area (Å²) in [5, 5.41) is 4.18.